The molecule has 22 heavy (non-hydrogen) atoms. The number of aromatic nitrogens is 2. The molecule has 2 aromatic rings. The summed E-state index contributed by atoms with van der Waals surface area (Å²) in [5.74, 6) is -0.290. The van der Waals surface area contributed by atoms with Gasteiger partial charge in [0.1, 0.15) is 5.54 Å². The summed E-state index contributed by atoms with van der Waals surface area (Å²) in [7, 11) is 0. The van der Waals surface area contributed by atoms with Crippen molar-refractivity contribution >= 4 is 23.3 Å². The Morgan fingerprint density at radius 1 is 1.27 bits per heavy atom. The van der Waals surface area contributed by atoms with E-state index < -0.39 is 5.54 Å². The number of nitrogens with one attached hydrogen (secondary N) is 1. The van der Waals surface area contributed by atoms with Crippen molar-refractivity contribution in [3.8, 4) is 11.3 Å². The molecule has 0 saturated carbocycles. The van der Waals surface area contributed by atoms with Gasteiger partial charge >= 0.3 is 5.97 Å². The molecule has 1 heterocycles. The molecule has 0 radical (unpaired) electrons. The number of nitrogens with zero attached hydrogens (tertiary/aromatic N) is 2. The first kappa shape index (κ1) is 16.2. The van der Waals surface area contributed by atoms with Crippen LogP contribution in [0.15, 0.2) is 36.5 Å². The van der Waals surface area contributed by atoms with E-state index in [1.54, 1.807) is 33.0 Å². The predicted molar refractivity (Wildman–Crippen MR) is 86.8 cm³/mol. The molecule has 2 rings (SSSR count). The van der Waals surface area contributed by atoms with E-state index in [2.05, 4.69) is 15.3 Å². The number of benzene rings is 1. The van der Waals surface area contributed by atoms with Gasteiger partial charge in [0.2, 0.25) is 5.28 Å². The van der Waals surface area contributed by atoms with Crippen LogP contribution >= 0.6 is 11.6 Å². The lowest BCUT2D eigenvalue weighted by molar-refractivity contribution is -0.147. The van der Waals surface area contributed by atoms with Crippen LogP contribution < -0.4 is 5.32 Å². The number of hydrogen-bond acceptors (Lipinski definition) is 5. The minimum absolute atomic E-state index is 0.211. The maximum Gasteiger partial charge on any atom is 0.331 e. The minimum atomic E-state index is -0.796. The van der Waals surface area contributed by atoms with Crippen LogP contribution in [0.4, 0.5) is 5.69 Å². The van der Waals surface area contributed by atoms with Crippen molar-refractivity contribution in [1.29, 1.82) is 0 Å². The second kappa shape index (κ2) is 6.75. The topological polar surface area (TPSA) is 64.1 Å². The summed E-state index contributed by atoms with van der Waals surface area (Å²) in [5, 5.41) is 3.37. The molecule has 0 atom stereocenters. The molecule has 5 nitrogen and oxygen atoms in total. The zero-order valence-electron chi connectivity index (χ0n) is 12.8. The first-order chi connectivity index (χ1) is 10.4. The third-order valence-electron chi connectivity index (χ3n) is 3.05. The van der Waals surface area contributed by atoms with Crippen LogP contribution in [0.1, 0.15) is 20.8 Å². The maximum absolute atomic E-state index is 11.9. The summed E-state index contributed by atoms with van der Waals surface area (Å²) in [5.41, 5.74) is 1.69. The number of esters is 1. The third-order valence-corrected chi connectivity index (χ3v) is 3.23. The smallest absolute Gasteiger partial charge is 0.331 e. The van der Waals surface area contributed by atoms with E-state index >= 15 is 0 Å². The molecule has 6 heteroatoms. The van der Waals surface area contributed by atoms with Crippen LogP contribution in [-0.2, 0) is 9.53 Å². The Bertz CT molecular complexity index is 657. The Morgan fingerprint density at radius 3 is 2.55 bits per heavy atom. The van der Waals surface area contributed by atoms with Crippen molar-refractivity contribution < 1.29 is 9.53 Å². The molecule has 0 fully saturated rings. The van der Waals surface area contributed by atoms with E-state index in [1.807, 2.05) is 24.3 Å². The quantitative estimate of drug-likeness (QED) is 0.674. The summed E-state index contributed by atoms with van der Waals surface area (Å²) < 4.78 is 5.05. The van der Waals surface area contributed by atoms with E-state index in [0.29, 0.717) is 6.61 Å². The molecular formula is C16H18ClN3O2. The van der Waals surface area contributed by atoms with Crippen LogP contribution in [-0.4, -0.2) is 28.1 Å². The summed E-state index contributed by atoms with van der Waals surface area (Å²) in [6.07, 6.45) is 1.61. The minimum Gasteiger partial charge on any atom is -0.464 e. The fourth-order valence-corrected chi connectivity index (χ4v) is 2.09. The molecule has 0 aliphatic rings. The van der Waals surface area contributed by atoms with Crippen LogP contribution in [0.2, 0.25) is 5.28 Å². The zero-order chi connectivity index (χ0) is 16.2. The van der Waals surface area contributed by atoms with Gasteiger partial charge in [-0.3, -0.25) is 0 Å². The van der Waals surface area contributed by atoms with Crippen LogP contribution in [0, 0.1) is 0 Å². The first-order valence-corrected chi connectivity index (χ1v) is 7.34. The molecule has 0 bridgehead atoms. The highest BCUT2D eigenvalue weighted by Crippen LogP contribution is 2.22. The average molecular weight is 320 g/mol. The van der Waals surface area contributed by atoms with Gasteiger partial charge in [-0.05, 0) is 50.6 Å². The molecule has 1 N–H and O–H groups in total. The predicted octanol–water partition coefficient (Wildman–Crippen LogP) is 3.55. The van der Waals surface area contributed by atoms with Gasteiger partial charge in [0.25, 0.3) is 0 Å². The highest BCUT2D eigenvalue weighted by molar-refractivity contribution is 6.28. The second-order valence-electron chi connectivity index (χ2n) is 5.26. The summed E-state index contributed by atoms with van der Waals surface area (Å²) in [6.45, 7) is 5.71. The molecule has 0 aliphatic heterocycles. The lowest BCUT2D eigenvalue weighted by Crippen LogP contribution is -2.41. The van der Waals surface area contributed by atoms with Gasteiger partial charge in [-0.2, -0.15) is 0 Å². The third kappa shape index (κ3) is 3.95. The molecule has 0 saturated heterocycles. The number of halogens is 1. The largest absolute Gasteiger partial charge is 0.464 e. The van der Waals surface area contributed by atoms with Crippen molar-refractivity contribution in [2.75, 3.05) is 11.9 Å². The summed E-state index contributed by atoms with van der Waals surface area (Å²) in [4.78, 5) is 19.9. The SMILES string of the molecule is CCOC(=O)C(C)(C)Nc1ccc(-c2ccnc(Cl)n2)cc1. The zero-order valence-corrected chi connectivity index (χ0v) is 13.5. The Kier molecular flexibility index (Phi) is 4.98. The van der Waals surface area contributed by atoms with E-state index in [4.69, 9.17) is 16.3 Å². The Balaban J connectivity index is 2.14. The highest BCUT2D eigenvalue weighted by Gasteiger charge is 2.28. The van der Waals surface area contributed by atoms with E-state index in [9.17, 15) is 4.79 Å². The van der Waals surface area contributed by atoms with Gasteiger partial charge in [0, 0.05) is 17.4 Å². The lowest BCUT2D eigenvalue weighted by Gasteiger charge is -2.25. The van der Waals surface area contributed by atoms with Gasteiger partial charge in [-0.25, -0.2) is 14.8 Å². The Hall–Kier alpha value is -2.14. The van der Waals surface area contributed by atoms with E-state index in [0.717, 1.165) is 16.9 Å². The fourth-order valence-electron chi connectivity index (χ4n) is 1.94. The number of rotatable bonds is 5. The van der Waals surface area contributed by atoms with Crippen molar-refractivity contribution in [1.82, 2.24) is 9.97 Å². The van der Waals surface area contributed by atoms with Gasteiger partial charge in [-0.15, -0.1) is 0 Å². The van der Waals surface area contributed by atoms with Gasteiger partial charge in [-0.1, -0.05) is 12.1 Å². The number of ether oxygens (including phenoxy) is 1. The molecule has 0 aliphatic carbocycles. The van der Waals surface area contributed by atoms with Crippen molar-refractivity contribution in [2.24, 2.45) is 0 Å². The van der Waals surface area contributed by atoms with E-state index in [-0.39, 0.29) is 11.3 Å². The normalized spacial score (nSPS) is 11.1. The van der Waals surface area contributed by atoms with Gasteiger partial charge in [0.15, 0.2) is 0 Å². The van der Waals surface area contributed by atoms with Crippen LogP contribution in [0.3, 0.4) is 0 Å². The van der Waals surface area contributed by atoms with Gasteiger partial charge < -0.3 is 10.1 Å². The molecule has 0 amide bonds. The lowest BCUT2D eigenvalue weighted by atomic mass is 10.0. The van der Waals surface area contributed by atoms with E-state index in [1.165, 1.54) is 0 Å². The second-order valence-corrected chi connectivity index (χ2v) is 5.60. The number of carbonyl (C=O) groups is 1. The van der Waals surface area contributed by atoms with Crippen LogP contribution in [0.5, 0.6) is 0 Å². The molecule has 0 unspecified atom stereocenters. The number of hydrogen-bond donors (Lipinski definition) is 1. The number of anilines is 1. The summed E-state index contributed by atoms with van der Waals surface area (Å²) >= 11 is 5.79. The monoisotopic (exact) mass is 319 g/mol. The van der Waals surface area contributed by atoms with Crippen LogP contribution in [0.25, 0.3) is 11.3 Å². The molecule has 116 valence electrons. The molecule has 1 aromatic heterocycles. The van der Waals surface area contributed by atoms with Crippen molar-refractivity contribution in [3.05, 3.63) is 41.8 Å². The first-order valence-electron chi connectivity index (χ1n) is 6.97. The van der Waals surface area contributed by atoms with Crippen molar-refractivity contribution in [2.45, 2.75) is 26.3 Å². The van der Waals surface area contributed by atoms with Gasteiger partial charge in [0.05, 0.1) is 12.3 Å². The molecule has 0 spiro atoms. The number of carbonyl (C=O) groups excluding carboxylic acids is 1. The highest BCUT2D eigenvalue weighted by atomic mass is 35.5. The molecular weight excluding hydrogens is 302 g/mol. The molecule has 1 aromatic carbocycles. The Morgan fingerprint density at radius 2 is 1.95 bits per heavy atom. The van der Waals surface area contributed by atoms with Crippen molar-refractivity contribution in [3.63, 3.8) is 0 Å². The average Bonchev–Trinajstić information content (AvgIpc) is 2.48. The summed E-state index contributed by atoms with van der Waals surface area (Å²) in [6, 6.07) is 9.36. The maximum atomic E-state index is 11.9. The standard InChI is InChI=1S/C16H18ClN3O2/c1-4-22-14(21)16(2,3)20-12-7-5-11(6-8-12)13-9-10-18-15(17)19-13/h5-10,20H,4H2,1-3H3. The fraction of sp³-hybridized carbons (Fsp3) is 0.312. The Labute approximate surface area is 134 Å².